The number of aliphatic hydroxyl groups excluding tert-OH is 1. The number of hydrogen-bond acceptors (Lipinski definition) is 4. The second-order valence-corrected chi connectivity index (χ2v) is 5.11. The summed E-state index contributed by atoms with van der Waals surface area (Å²) in [6, 6.07) is 5.75. The summed E-state index contributed by atoms with van der Waals surface area (Å²) in [5, 5.41) is 22.4. The van der Waals surface area contributed by atoms with Crippen molar-refractivity contribution in [2.24, 2.45) is 0 Å². The zero-order chi connectivity index (χ0) is 17.7. The maximum atomic E-state index is 13.3. The summed E-state index contributed by atoms with van der Waals surface area (Å²) in [6.07, 6.45) is 0. The molecule has 0 fully saturated rings. The van der Waals surface area contributed by atoms with Crippen LogP contribution in [0, 0.1) is 17.5 Å². The minimum Gasteiger partial charge on any atom is -0.504 e. The molecule has 130 valence electrons. The summed E-state index contributed by atoms with van der Waals surface area (Å²) in [7, 11) is 0. The Labute approximate surface area is 137 Å². The number of phenolic OH excluding ortho intramolecular Hbond substituents is 1. The van der Waals surface area contributed by atoms with E-state index in [-0.39, 0.29) is 17.9 Å². The first-order valence-electron chi connectivity index (χ1n) is 7.40. The smallest absolute Gasteiger partial charge is 0.194 e. The fourth-order valence-electron chi connectivity index (χ4n) is 2.28. The Morgan fingerprint density at radius 1 is 1.17 bits per heavy atom. The summed E-state index contributed by atoms with van der Waals surface area (Å²) in [5.74, 6) is -3.95. The fraction of sp³-hybridized carbons (Fsp3) is 0.294. The molecule has 0 saturated heterocycles. The lowest BCUT2D eigenvalue weighted by molar-refractivity contribution is 0.242. The number of hydrogen-bond donors (Lipinski definition) is 3. The van der Waals surface area contributed by atoms with Crippen LogP contribution in [0.25, 0.3) is 0 Å². The summed E-state index contributed by atoms with van der Waals surface area (Å²) < 4.78 is 44.9. The molecule has 1 unspecified atom stereocenters. The van der Waals surface area contributed by atoms with Crippen LogP contribution in [0.1, 0.15) is 24.1 Å². The van der Waals surface area contributed by atoms with Gasteiger partial charge in [0.05, 0.1) is 19.3 Å². The highest BCUT2D eigenvalue weighted by atomic mass is 19.2. The van der Waals surface area contributed by atoms with E-state index in [1.807, 2.05) is 0 Å². The number of benzene rings is 2. The van der Waals surface area contributed by atoms with Crippen molar-refractivity contribution in [3.8, 4) is 11.5 Å². The van der Waals surface area contributed by atoms with Crippen LogP contribution < -0.4 is 10.1 Å². The number of nitrogens with one attached hydrogen (secondary N) is 1. The molecule has 0 heterocycles. The number of phenols is 1. The number of halogens is 3. The molecule has 0 radical (unpaired) electrons. The number of aromatic hydroxyl groups is 1. The van der Waals surface area contributed by atoms with Crippen molar-refractivity contribution in [1.29, 1.82) is 0 Å². The fourth-order valence-corrected chi connectivity index (χ4v) is 2.28. The van der Waals surface area contributed by atoms with Gasteiger partial charge in [-0.2, -0.15) is 0 Å². The molecule has 2 aromatic rings. The molecule has 0 spiro atoms. The summed E-state index contributed by atoms with van der Waals surface area (Å²) in [5.41, 5.74) is 0.553. The van der Waals surface area contributed by atoms with Gasteiger partial charge in [0.2, 0.25) is 0 Å². The second kappa shape index (κ2) is 8.03. The van der Waals surface area contributed by atoms with Crippen LogP contribution in [0.15, 0.2) is 30.3 Å². The minimum atomic E-state index is -1.56. The maximum Gasteiger partial charge on any atom is 0.194 e. The molecule has 0 saturated carbocycles. The van der Waals surface area contributed by atoms with Crippen molar-refractivity contribution in [3.63, 3.8) is 0 Å². The molecule has 24 heavy (non-hydrogen) atoms. The molecular formula is C17H18F3NO3. The molecule has 0 aliphatic carbocycles. The zero-order valence-corrected chi connectivity index (χ0v) is 13.0. The van der Waals surface area contributed by atoms with Gasteiger partial charge in [-0.25, -0.2) is 13.2 Å². The molecule has 0 bridgehead atoms. The average molecular weight is 341 g/mol. The Morgan fingerprint density at radius 2 is 1.83 bits per heavy atom. The molecular weight excluding hydrogens is 323 g/mol. The van der Waals surface area contributed by atoms with Crippen LogP contribution in [-0.2, 0) is 6.54 Å². The van der Waals surface area contributed by atoms with E-state index in [9.17, 15) is 23.4 Å². The highest BCUT2D eigenvalue weighted by Gasteiger charge is 2.17. The van der Waals surface area contributed by atoms with Gasteiger partial charge in [0.1, 0.15) is 0 Å². The number of rotatable bonds is 7. The van der Waals surface area contributed by atoms with Crippen LogP contribution in [0.2, 0.25) is 0 Å². The first-order chi connectivity index (χ1) is 11.5. The van der Waals surface area contributed by atoms with Crippen molar-refractivity contribution in [2.75, 3.05) is 13.2 Å². The molecule has 2 aromatic carbocycles. The van der Waals surface area contributed by atoms with Crippen molar-refractivity contribution >= 4 is 0 Å². The molecule has 7 heteroatoms. The van der Waals surface area contributed by atoms with E-state index in [0.717, 1.165) is 12.1 Å². The van der Waals surface area contributed by atoms with Crippen LogP contribution in [-0.4, -0.2) is 23.4 Å². The van der Waals surface area contributed by atoms with Crippen LogP contribution in [0.4, 0.5) is 13.2 Å². The number of aliphatic hydroxyl groups is 1. The monoisotopic (exact) mass is 341 g/mol. The zero-order valence-electron chi connectivity index (χ0n) is 13.0. The summed E-state index contributed by atoms with van der Waals surface area (Å²) in [4.78, 5) is 0. The lowest BCUT2D eigenvalue weighted by Gasteiger charge is -2.18. The Morgan fingerprint density at radius 3 is 2.42 bits per heavy atom. The molecule has 0 aromatic heterocycles. The van der Waals surface area contributed by atoms with Gasteiger partial charge in [-0.3, -0.25) is 0 Å². The molecule has 2 rings (SSSR count). The Hall–Kier alpha value is -2.25. The van der Waals surface area contributed by atoms with Gasteiger partial charge < -0.3 is 20.3 Å². The number of ether oxygens (including phenoxy) is 1. The molecule has 3 N–H and O–H groups in total. The van der Waals surface area contributed by atoms with E-state index >= 15 is 0 Å². The van der Waals surface area contributed by atoms with Gasteiger partial charge in [0, 0.05) is 12.1 Å². The lowest BCUT2D eigenvalue weighted by Crippen LogP contribution is -2.24. The van der Waals surface area contributed by atoms with E-state index in [1.165, 1.54) is 0 Å². The lowest BCUT2D eigenvalue weighted by atomic mass is 10.1. The normalized spacial score (nSPS) is 12.2. The first-order valence-corrected chi connectivity index (χ1v) is 7.40. The van der Waals surface area contributed by atoms with Crippen LogP contribution >= 0.6 is 0 Å². The van der Waals surface area contributed by atoms with E-state index in [4.69, 9.17) is 4.74 Å². The minimum absolute atomic E-state index is 0.0555. The van der Waals surface area contributed by atoms with E-state index in [2.05, 4.69) is 5.32 Å². The second-order valence-electron chi connectivity index (χ2n) is 5.11. The van der Waals surface area contributed by atoms with Gasteiger partial charge in [-0.1, -0.05) is 12.1 Å². The van der Waals surface area contributed by atoms with Crippen LogP contribution in [0.5, 0.6) is 11.5 Å². The highest BCUT2D eigenvalue weighted by molar-refractivity contribution is 5.45. The molecule has 0 aliphatic rings. The SMILES string of the molecule is CCOc1cccc(CNC(CO)c2cc(F)c(F)c(F)c2)c1O. The van der Waals surface area contributed by atoms with Gasteiger partial charge in [0.15, 0.2) is 29.0 Å². The molecule has 4 nitrogen and oxygen atoms in total. The van der Waals surface area contributed by atoms with E-state index < -0.39 is 30.1 Å². The van der Waals surface area contributed by atoms with Gasteiger partial charge >= 0.3 is 0 Å². The van der Waals surface area contributed by atoms with Gasteiger partial charge in [0.25, 0.3) is 0 Å². The highest BCUT2D eigenvalue weighted by Crippen LogP contribution is 2.30. The van der Waals surface area contributed by atoms with E-state index in [1.54, 1.807) is 25.1 Å². The van der Waals surface area contributed by atoms with E-state index in [0.29, 0.717) is 17.9 Å². The third-order valence-electron chi connectivity index (χ3n) is 3.51. The third-order valence-corrected chi connectivity index (χ3v) is 3.51. The van der Waals surface area contributed by atoms with Crippen molar-refractivity contribution in [1.82, 2.24) is 5.32 Å². The predicted octanol–water partition coefficient (Wildman–Crippen LogP) is 3.03. The maximum absolute atomic E-state index is 13.3. The first kappa shape index (κ1) is 18.1. The van der Waals surface area contributed by atoms with Crippen molar-refractivity contribution in [2.45, 2.75) is 19.5 Å². The molecule has 1 atom stereocenters. The van der Waals surface area contributed by atoms with Gasteiger partial charge in [-0.05, 0) is 30.7 Å². The summed E-state index contributed by atoms with van der Waals surface area (Å²) in [6.45, 7) is 1.82. The Kier molecular flexibility index (Phi) is 6.05. The molecule has 0 amide bonds. The summed E-state index contributed by atoms with van der Waals surface area (Å²) >= 11 is 0. The largest absolute Gasteiger partial charge is 0.504 e. The van der Waals surface area contributed by atoms with Crippen LogP contribution in [0.3, 0.4) is 0 Å². The Balaban J connectivity index is 2.16. The average Bonchev–Trinajstić information content (AvgIpc) is 2.56. The topological polar surface area (TPSA) is 61.7 Å². The third kappa shape index (κ3) is 3.98. The molecule has 0 aliphatic heterocycles. The standard InChI is InChI=1S/C17H18F3NO3/c1-2-24-15-5-3-4-10(17(15)23)8-21-14(9-22)11-6-12(18)16(20)13(19)7-11/h3-7,14,21-23H,2,8-9H2,1H3. The van der Waals surface area contributed by atoms with Crippen molar-refractivity contribution < 1.29 is 28.1 Å². The van der Waals surface area contributed by atoms with Gasteiger partial charge in [-0.15, -0.1) is 0 Å². The van der Waals surface area contributed by atoms with Crippen molar-refractivity contribution in [3.05, 3.63) is 58.9 Å². The Bertz CT molecular complexity index is 686. The predicted molar refractivity (Wildman–Crippen MR) is 82.3 cm³/mol. The number of para-hydroxylation sites is 1. The quantitative estimate of drug-likeness (QED) is 0.678.